The predicted octanol–water partition coefficient (Wildman–Crippen LogP) is 4.82. The van der Waals surface area contributed by atoms with Crippen LogP contribution in [0.5, 0.6) is 5.75 Å². The van der Waals surface area contributed by atoms with Crippen molar-refractivity contribution in [3.8, 4) is 5.75 Å². The Labute approximate surface area is 190 Å². The number of hydrogen-bond acceptors (Lipinski definition) is 6. The number of hydrogen-bond donors (Lipinski definition) is 1. The van der Waals surface area contributed by atoms with E-state index in [4.69, 9.17) is 25.5 Å². The second kappa shape index (κ2) is 9.87. The fraction of sp³-hybridized carbons (Fsp3) is 0.292. The van der Waals surface area contributed by atoms with Crippen molar-refractivity contribution in [2.45, 2.75) is 38.7 Å². The quantitative estimate of drug-likeness (QED) is 0.247. The molecule has 1 heterocycles. The summed E-state index contributed by atoms with van der Waals surface area (Å²) >= 11 is 5.85. The van der Waals surface area contributed by atoms with E-state index in [9.17, 15) is 14.4 Å². The van der Waals surface area contributed by atoms with Crippen LogP contribution in [0.15, 0.2) is 57.7 Å². The van der Waals surface area contributed by atoms with Gasteiger partial charge in [-0.15, -0.1) is 11.6 Å². The number of ether oxygens (including phenoxy) is 2. The van der Waals surface area contributed by atoms with Crippen LogP contribution in [-0.2, 0) is 17.0 Å². The predicted molar refractivity (Wildman–Crippen MR) is 121 cm³/mol. The van der Waals surface area contributed by atoms with E-state index in [-0.39, 0.29) is 11.3 Å². The second-order valence-corrected chi connectivity index (χ2v) is 8.44. The summed E-state index contributed by atoms with van der Waals surface area (Å²) in [5.41, 5.74) is 0.475. The van der Waals surface area contributed by atoms with E-state index in [1.54, 1.807) is 57.2 Å². The summed E-state index contributed by atoms with van der Waals surface area (Å²) in [4.78, 5) is 36.6. The monoisotopic (exact) mass is 457 g/mol. The van der Waals surface area contributed by atoms with Crippen LogP contribution in [0.4, 0.5) is 4.79 Å². The zero-order valence-electron chi connectivity index (χ0n) is 18.1. The van der Waals surface area contributed by atoms with Gasteiger partial charge in [-0.05, 0) is 68.7 Å². The summed E-state index contributed by atoms with van der Waals surface area (Å²) in [5.74, 6) is -0.246. The van der Waals surface area contributed by atoms with Crippen LogP contribution in [0.25, 0.3) is 11.0 Å². The highest BCUT2D eigenvalue weighted by molar-refractivity contribution is 6.17. The van der Waals surface area contributed by atoms with Gasteiger partial charge in [-0.1, -0.05) is 18.2 Å². The van der Waals surface area contributed by atoms with Gasteiger partial charge in [-0.3, -0.25) is 0 Å². The van der Waals surface area contributed by atoms with E-state index in [0.29, 0.717) is 29.8 Å². The Morgan fingerprint density at radius 2 is 1.84 bits per heavy atom. The lowest BCUT2D eigenvalue weighted by Gasteiger charge is -2.19. The van der Waals surface area contributed by atoms with Crippen molar-refractivity contribution < 1.29 is 23.5 Å². The number of nitrogens with one attached hydrogen (secondary N) is 1. The first-order valence-electron chi connectivity index (χ1n) is 10.1. The fourth-order valence-corrected chi connectivity index (χ4v) is 3.11. The third-order valence-electron chi connectivity index (χ3n) is 4.36. The third-order valence-corrected chi connectivity index (χ3v) is 4.67. The number of amides is 1. The molecule has 0 bridgehead atoms. The summed E-state index contributed by atoms with van der Waals surface area (Å²) in [5, 5.41) is 3.26. The van der Waals surface area contributed by atoms with Gasteiger partial charge in [-0.25, -0.2) is 14.4 Å². The standard InChI is InChI=1S/C24H24ClNO6/c1-24(2,3)32-23(29)26-10-9-15-5-4-6-18(12-15)30-21(27)19-13-17-11-16(14-25)7-8-20(17)31-22(19)28/h4-8,11-13H,9-10,14H2,1-3H3,(H,26,29). The summed E-state index contributed by atoms with van der Waals surface area (Å²) in [6.07, 6.45) is 0.00432. The van der Waals surface area contributed by atoms with Gasteiger partial charge in [-0.2, -0.15) is 0 Å². The summed E-state index contributed by atoms with van der Waals surface area (Å²) < 4.78 is 15.8. The molecule has 0 fully saturated rings. The van der Waals surface area contributed by atoms with Gasteiger partial charge >= 0.3 is 17.7 Å². The largest absolute Gasteiger partial charge is 0.444 e. The number of carbonyl (C=O) groups excluding carboxylic acids is 2. The van der Waals surface area contributed by atoms with Crippen molar-refractivity contribution in [1.29, 1.82) is 0 Å². The molecule has 0 aliphatic carbocycles. The minimum atomic E-state index is -0.819. The van der Waals surface area contributed by atoms with Gasteiger partial charge in [0.05, 0.1) is 0 Å². The molecule has 2 aromatic carbocycles. The van der Waals surface area contributed by atoms with Crippen molar-refractivity contribution in [2.24, 2.45) is 0 Å². The highest BCUT2D eigenvalue weighted by atomic mass is 35.5. The van der Waals surface area contributed by atoms with Crippen LogP contribution in [0.1, 0.15) is 42.3 Å². The Balaban J connectivity index is 1.67. The van der Waals surface area contributed by atoms with Crippen molar-refractivity contribution >= 4 is 34.6 Å². The van der Waals surface area contributed by atoms with Crippen molar-refractivity contribution in [3.05, 3.63) is 75.6 Å². The number of esters is 1. The average Bonchev–Trinajstić information content (AvgIpc) is 2.72. The molecule has 0 atom stereocenters. The Morgan fingerprint density at radius 3 is 2.56 bits per heavy atom. The molecule has 1 aromatic heterocycles. The molecule has 7 nitrogen and oxygen atoms in total. The van der Waals surface area contributed by atoms with E-state index < -0.39 is 23.3 Å². The van der Waals surface area contributed by atoms with Crippen molar-refractivity contribution in [3.63, 3.8) is 0 Å². The van der Waals surface area contributed by atoms with E-state index in [2.05, 4.69) is 5.32 Å². The Hall–Kier alpha value is -3.32. The smallest absolute Gasteiger partial charge is 0.407 e. The van der Waals surface area contributed by atoms with Crippen LogP contribution in [0.2, 0.25) is 0 Å². The molecule has 0 aliphatic heterocycles. The maximum Gasteiger partial charge on any atom is 0.407 e. The molecule has 0 aliphatic rings. The van der Waals surface area contributed by atoms with E-state index in [1.165, 1.54) is 6.07 Å². The molecule has 1 N–H and O–H groups in total. The van der Waals surface area contributed by atoms with Crippen LogP contribution < -0.4 is 15.7 Å². The Kier molecular flexibility index (Phi) is 7.20. The molecule has 0 radical (unpaired) electrons. The van der Waals surface area contributed by atoms with Gasteiger partial charge < -0.3 is 19.2 Å². The van der Waals surface area contributed by atoms with Gasteiger partial charge in [0.2, 0.25) is 0 Å². The lowest BCUT2D eigenvalue weighted by molar-refractivity contribution is 0.0528. The average molecular weight is 458 g/mol. The van der Waals surface area contributed by atoms with Crippen molar-refractivity contribution in [2.75, 3.05) is 6.54 Å². The number of rotatable bonds is 6. The van der Waals surface area contributed by atoms with Crippen LogP contribution in [-0.4, -0.2) is 24.2 Å². The topological polar surface area (TPSA) is 94.8 Å². The molecule has 3 rings (SSSR count). The van der Waals surface area contributed by atoms with Crippen LogP contribution in [0.3, 0.4) is 0 Å². The van der Waals surface area contributed by atoms with E-state index >= 15 is 0 Å². The maximum atomic E-state index is 12.6. The molecule has 32 heavy (non-hydrogen) atoms. The number of carbonyl (C=O) groups is 2. The maximum absolute atomic E-state index is 12.6. The molecular weight excluding hydrogens is 434 g/mol. The van der Waals surface area contributed by atoms with E-state index in [0.717, 1.165) is 11.1 Å². The fourth-order valence-electron chi connectivity index (χ4n) is 2.95. The minimum absolute atomic E-state index is 0.207. The highest BCUT2D eigenvalue weighted by Crippen LogP contribution is 2.19. The first kappa shape index (κ1) is 23.3. The van der Waals surface area contributed by atoms with E-state index in [1.807, 2.05) is 6.07 Å². The first-order chi connectivity index (χ1) is 15.1. The highest BCUT2D eigenvalue weighted by Gasteiger charge is 2.17. The lowest BCUT2D eigenvalue weighted by Crippen LogP contribution is -2.33. The molecule has 0 unspecified atom stereocenters. The Bertz CT molecular complexity index is 1200. The van der Waals surface area contributed by atoms with Crippen LogP contribution >= 0.6 is 11.6 Å². The SMILES string of the molecule is CC(C)(C)OC(=O)NCCc1cccc(OC(=O)c2cc3cc(CCl)ccc3oc2=O)c1. The summed E-state index contributed by atoms with van der Waals surface area (Å²) in [6, 6.07) is 13.4. The zero-order chi connectivity index (χ0) is 23.3. The number of benzene rings is 2. The minimum Gasteiger partial charge on any atom is -0.444 e. The molecule has 0 spiro atoms. The van der Waals surface area contributed by atoms with Gasteiger partial charge in [0.15, 0.2) is 0 Å². The number of alkyl halides is 1. The molecule has 3 aromatic rings. The summed E-state index contributed by atoms with van der Waals surface area (Å²) in [6.45, 7) is 5.72. The third kappa shape index (κ3) is 6.34. The molecular formula is C24H24ClNO6. The normalized spacial score (nSPS) is 11.2. The molecule has 8 heteroatoms. The van der Waals surface area contributed by atoms with Gasteiger partial charge in [0.25, 0.3) is 0 Å². The van der Waals surface area contributed by atoms with Gasteiger partial charge in [0, 0.05) is 17.8 Å². The van der Waals surface area contributed by atoms with Crippen LogP contribution in [0, 0.1) is 0 Å². The number of alkyl carbamates (subject to hydrolysis) is 1. The molecule has 0 saturated carbocycles. The second-order valence-electron chi connectivity index (χ2n) is 8.17. The summed E-state index contributed by atoms with van der Waals surface area (Å²) in [7, 11) is 0. The first-order valence-corrected chi connectivity index (χ1v) is 10.6. The number of fused-ring (bicyclic) bond motifs is 1. The molecule has 168 valence electrons. The Morgan fingerprint density at radius 1 is 1.06 bits per heavy atom. The number of halogens is 1. The molecule has 1 amide bonds. The zero-order valence-corrected chi connectivity index (χ0v) is 18.8. The lowest BCUT2D eigenvalue weighted by atomic mass is 10.1. The van der Waals surface area contributed by atoms with Gasteiger partial charge in [0.1, 0.15) is 22.5 Å². The molecule has 0 saturated heterocycles. The van der Waals surface area contributed by atoms with Crippen molar-refractivity contribution in [1.82, 2.24) is 5.32 Å².